The standard InChI is InChI=1S/C12H20ClN3O/c1-9(2)17-6-4-3-5-15-12-8-10(14)7-11(13)16-12/h7-9H,3-6H2,1-2H3,(H3,14,15,16). The molecule has 0 bridgehead atoms. The van der Waals surface area contributed by atoms with Crippen LogP contribution in [0.1, 0.15) is 26.7 Å². The molecular weight excluding hydrogens is 238 g/mol. The van der Waals surface area contributed by atoms with Gasteiger partial charge in [-0.1, -0.05) is 11.6 Å². The number of hydrogen-bond donors (Lipinski definition) is 2. The molecule has 0 fully saturated rings. The highest BCUT2D eigenvalue weighted by Crippen LogP contribution is 2.15. The van der Waals surface area contributed by atoms with Gasteiger partial charge in [-0.3, -0.25) is 0 Å². The van der Waals surface area contributed by atoms with Crippen molar-refractivity contribution in [3.8, 4) is 0 Å². The van der Waals surface area contributed by atoms with Crippen LogP contribution in [0.4, 0.5) is 11.5 Å². The highest BCUT2D eigenvalue weighted by Gasteiger charge is 1.98. The van der Waals surface area contributed by atoms with Gasteiger partial charge in [0.2, 0.25) is 0 Å². The third-order valence-electron chi connectivity index (χ3n) is 2.14. The first-order chi connectivity index (χ1) is 8.08. The van der Waals surface area contributed by atoms with E-state index in [0.29, 0.717) is 16.9 Å². The fourth-order valence-corrected chi connectivity index (χ4v) is 1.59. The third-order valence-corrected chi connectivity index (χ3v) is 2.34. The summed E-state index contributed by atoms with van der Waals surface area (Å²) in [4.78, 5) is 4.12. The number of anilines is 2. The maximum atomic E-state index is 5.80. The second kappa shape index (κ2) is 7.35. The normalized spacial score (nSPS) is 10.8. The van der Waals surface area contributed by atoms with Gasteiger partial charge in [0.1, 0.15) is 11.0 Å². The van der Waals surface area contributed by atoms with Gasteiger partial charge < -0.3 is 15.8 Å². The highest BCUT2D eigenvalue weighted by atomic mass is 35.5. The van der Waals surface area contributed by atoms with Gasteiger partial charge in [-0.25, -0.2) is 4.98 Å². The summed E-state index contributed by atoms with van der Waals surface area (Å²) >= 11 is 5.80. The Kier molecular flexibility index (Phi) is 6.08. The molecule has 0 spiro atoms. The van der Waals surface area contributed by atoms with E-state index in [1.807, 2.05) is 13.8 Å². The van der Waals surface area contributed by atoms with Crippen LogP contribution in [-0.4, -0.2) is 24.2 Å². The van der Waals surface area contributed by atoms with Gasteiger partial charge in [-0.05, 0) is 32.8 Å². The lowest BCUT2D eigenvalue weighted by molar-refractivity contribution is 0.0765. The number of rotatable bonds is 7. The second-order valence-electron chi connectivity index (χ2n) is 4.16. The number of ether oxygens (including phenoxy) is 1. The van der Waals surface area contributed by atoms with E-state index < -0.39 is 0 Å². The molecule has 17 heavy (non-hydrogen) atoms. The predicted molar refractivity (Wildman–Crippen MR) is 72.5 cm³/mol. The Balaban J connectivity index is 2.18. The summed E-state index contributed by atoms with van der Waals surface area (Å²) in [5.41, 5.74) is 6.28. The minimum Gasteiger partial charge on any atom is -0.399 e. The van der Waals surface area contributed by atoms with Gasteiger partial charge in [0.25, 0.3) is 0 Å². The number of pyridine rings is 1. The number of nitrogens with one attached hydrogen (secondary N) is 1. The van der Waals surface area contributed by atoms with Crippen LogP contribution in [0.2, 0.25) is 5.15 Å². The zero-order valence-corrected chi connectivity index (χ0v) is 11.1. The van der Waals surface area contributed by atoms with E-state index in [1.165, 1.54) is 0 Å². The molecule has 0 atom stereocenters. The molecule has 4 nitrogen and oxygen atoms in total. The van der Waals surface area contributed by atoms with Crippen LogP contribution in [0, 0.1) is 0 Å². The van der Waals surface area contributed by atoms with Crippen LogP contribution in [0.15, 0.2) is 12.1 Å². The van der Waals surface area contributed by atoms with E-state index in [4.69, 9.17) is 22.1 Å². The molecule has 1 aromatic rings. The first-order valence-corrected chi connectivity index (χ1v) is 6.24. The summed E-state index contributed by atoms with van der Waals surface area (Å²) in [6.07, 6.45) is 2.36. The molecule has 0 saturated carbocycles. The molecule has 0 aliphatic rings. The fraction of sp³-hybridized carbons (Fsp3) is 0.583. The molecule has 0 aromatic carbocycles. The first kappa shape index (κ1) is 14.1. The Bertz CT molecular complexity index is 324. The summed E-state index contributed by atoms with van der Waals surface area (Å²) < 4.78 is 5.45. The zero-order chi connectivity index (χ0) is 12.7. The number of nitrogen functional groups attached to an aromatic ring is 1. The van der Waals surface area contributed by atoms with E-state index in [0.717, 1.165) is 31.8 Å². The summed E-state index contributed by atoms with van der Waals surface area (Å²) in [5, 5.41) is 3.60. The predicted octanol–water partition coefficient (Wildman–Crippen LogP) is 2.93. The molecule has 0 radical (unpaired) electrons. The van der Waals surface area contributed by atoms with Crippen molar-refractivity contribution in [1.29, 1.82) is 0 Å². The van der Waals surface area contributed by atoms with E-state index in [1.54, 1.807) is 12.1 Å². The minimum atomic E-state index is 0.303. The van der Waals surface area contributed by atoms with Gasteiger partial charge in [-0.15, -0.1) is 0 Å². The SMILES string of the molecule is CC(C)OCCCCNc1cc(N)cc(Cl)n1. The smallest absolute Gasteiger partial charge is 0.133 e. The van der Waals surface area contributed by atoms with Crippen LogP contribution in [0.25, 0.3) is 0 Å². The molecule has 1 aromatic heterocycles. The topological polar surface area (TPSA) is 60.2 Å². The average molecular weight is 258 g/mol. The molecule has 5 heteroatoms. The number of unbranched alkanes of at least 4 members (excludes halogenated alkanes) is 1. The fourth-order valence-electron chi connectivity index (χ4n) is 1.37. The van der Waals surface area contributed by atoms with Crippen molar-refractivity contribution in [3.63, 3.8) is 0 Å². The maximum absolute atomic E-state index is 5.80. The lowest BCUT2D eigenvalue weighted by Crippen LogP contribution is -2.08. The van der Waals surface area contributed by atoms with Gasteiger partial charge in [0, 0.05) is 24.9 Å². The van der Waals surface area contributed by atoms with Crippen LogP contribution >= 0.6 is 11.6 Å². The maximum Gasteiger partial charge on any atom is 0.133 e. The molecule has 3 N–H and O–H groups in total. The Morgan fingerprint density at radius 2 is 2.18 bits per heavy atom. The molecule has 96 valence electrons. The van der Waals surface area contributed by atoms with Gasteiger partial charge in [0.15, 0.2) is 0 Å². The molecule has 0 unspecified atom stereocenters. The average Bonchev–Trinajstić information content (AvgIpc) is 2.21. The number of aromatic nitrogens is 1. The Morgan fingerprint density at radius 1 is 1.41 bits per heavy atom. The van der Waals surface area contributed by atoms with Crippen LogP contribution < -0.4 is 11.1 Å². The van der Waals surface area contributed by atoms with E-state index in [9.17, 15) is 0 Å². The van der Waals surface area contributed by atoms with E-state index in [2.05, 4.69) is 10.3 Å². The largest absolute Gasteiger partial charge is 0.399 e. The van der Waals surface area contributed by atoms with Gasteiger partial charge in [-0.2, -0.15) is 0 Å². The highest BCUT2D eigenvalue weighted by molar-refractivity contribution is 6.29. The lowest BCUT2D eigenvalue weighted by Gasteiger charge is -2.08. The van der Waals surface area contributed by atoms with E-state index >= 15 is 0 Å². The summed E-state index contributed by atoms with van der Waals surface area (Å²) in [6, 6.07) is 3.40. The van der Waals surface area contributed by atoms with Crippen LogP contribution in [0.3, 0.4) is 0 Å². The number of halogens is 1. The third kappa shape index (κ3) is 6.34. The van der Waals surface area contributed by atoms with Crippen molar-refractivity contribution >= 4 is 23.1 Å². The van der Waals surface area contributed by atoms with Crippen molar-refractivity contribution in [2.24, 2.45) is 0 Å². The lowest BCUT2D eigenvalue weighted by atomic mass is 10.3. The quantitative estimate of drug-likeness (QED) is 0.582. The van der Waals surface area contributed by atoms with Gasteiger partial charge >= 0.3 is 0 Å². The van der Waals surface area contributed by atoms with Crippen molar-refractivity contribution in [1.82, 2.24) is 4.98 Å². The summed E-state index contributed by atoms with van der Waals surface area (Å²) in [6.45, 7) is 5.71. The Hall–Kier alpha value is -1.00. The Labute approximate surface area is 108 Å². The van der Waals surface area contributed by atoms with Crippen LogP contribution in [0.5, 0.6) is 0 Å². The number of nitrogens with zero attached hydrogens (tertiary/aromatic N) is 1. The number of hydrogen-bond acceptors (Lipinski definition) is 4. The molecule has 0 saturated heterocycles. The van der Waals surface area contributed by atoms with Crippen molar-refractivity contribution < 1.29 is 4.74 Å². The van der Waals surface area contributed by atoms with Crippen molar-refractivity contribution in [2.45, 2.75) is 32.8 Å². The summed E-state index contributed by atoms with van der Waals surface area (Å²) in [5.74, 6) is 0.722. The van der Waals surface area contributed by atoms with Crippen molar-refractivity contribution in [3.05, 3.63) is 17.3 Å². The molecule has 0 aliphatic heterocycles. The van der Waals surface area contributed by atoms with Crippen LogP contribution in [-0.2, 0) is 4.74 Å². The molecule has 0 amide bonds. The van der Waals surface area contributed by atoms with Gasteiger partial charge in [0.05, 0.1) is 6.10 Å². The van der Waals surface area contributed by atoms with Crippen molar-refractivity contribution in [2.75, 3.05) is 24.2 Å². The summed E-state index contributed by atoms with van der Waals surface area (Å²) in [7, 11) is 0. The minimum absolute atomic E-state index is 0.303. The molecular formula is C12H20ClN3O. The molecule has 0 aliphatic carbocycles. The zero-order valence-electron chi connectivity index (χ0n) is 10.4. The number of nitrogens with two attached hydrogens (primary N) is 1. The Morgan fingerprint density at radius 3 is 2.82 bits per heavy atom. The van der Waals surface area contributed by atoms with E-state index in [-0.39, 0.29) is 0 Å². The first-order valence-electron chi connectivity index (χ1n) is 5.86. The molecule has 1 heterocycles. The molecule has 1 rings (SSSR count). The monoisotopic (exact) mass is 257 g/mol. The second-order valence-corrected chi connectivity index (χ2v) is 4.55.